The quantitative estimate of drug-likeness (QED) is 0.725. The number of fused-ring (bicyclic) bond motifs is 1. The number of rotatable bonds is 4. The molecular formula is C20H14FN3O4. The summed E-state index contributed by atoms with van der Waals surface area (Å²) in [5.74, 6) is -0.461. The fourth-order valence-corrected chi connectivity index (χ4v) is 2.64. The van der Waals surface area contributed by atoms with Crippen LogP contribution in [0.3, 0.4) is 0 Å². The van der Waals surface area contributed by atoms with Gasteiger partial charge in [0.05, 0.1) is 5.69 Å². The number of amides is 2. The predicted octanol–water partition coefficient (Wildman–Crippen LogP) is 3.45. The van der Waals surface area contributed by atoms with E-state index in [-0.39, 0.29) is 12.5 Å². The smallest absolute Gasteiger partial charge is 0.255 e. The van der Waals surface area contributed by atoms with Gasteiger partial charge in [-0.1, -0.05) is 0 Å². The minimum absolute atomic E-state index is 0.0506. The lowest BCUT2D eigenvalue weighted by molar-refractivity contribution is 0.101. The van der Waals surface area contributed by atoms with E-state index in [1.165, 1.54) is 36.7 Å². The molecule has 2 amide bonds. The highest BCUT2D eigenvalue weighted by Gasteiger charge is 2.17. The Morgan fingerprint density at radius 3 is 2.43 bits per heavy atom. The molecule has 2 heterocycles. The molecule has 28 heavy (non-hydrogen) atoms. The van der Waals surface area contributed by atoms with Crippen LogP contribution in [-0.2, 0) is 0 Å². The van der Waals surface area contributed by atoms with Crippen LogP contribution in [0, 0.1) is 5.82 Å². The minimum atomic E-state index is -0.622. The maximum atomic E-state index is 14.1. The minimum Gasteiger partial charge on any atom is -0.454 e. The standard InChI is InChI=1S/C20H14FN3O4/c21-15-3-2-14(10-16(15)24-19(25)12-5-7-22-8-6-12)23-20(26)13-1-4-17-18(9-13)28-11-27-17/h1-10H,11H2,(H,23,26)(H,24,25). The average molecular weight is 379 g/mol. The molecule has 1 aromatic heterocycles. The Morgan fingerprint density at radius 1 is 0.857 bits per heavy atom. The molecule has 4 rings (SSSR count). The summed E-state index contributed by atoms with van der Waals surface area (Å²) in [6.45, 7) is 0.110. The van der Waals surface area contributed by atoms with E-state index in [4.69, 9.17) is 9.47 Å². The highest BCUT2D eigenvalue weighted by molar-refractivity contribution is 6.06. The zero-order valence-corrected chi connectivity index (χ0v) is 14.4. The number of halogens is 1. The third kappa shape index (κ3) is 3.61. The lowest BCUT2D eigenvalue weighted by Gasteiger charge is -2.10. The number of anilines is 2. The molecule has 0 spiro atoms. The van der Waals surface area contributed by atoms with Gasteiger partial charge in [0.1, 0.15) is 5.82 Å². The Morgan fingerprint density at radius 2 is 1.61 bits per heavy atom. The molecule has 1 aliphatic heterocycles. The number of hydrogen-bond acceptors (Lipinski definition) is 5. The van der Waals surface area contributed by atoms with Crippen LogP contribution in [0.1, 0.15) is 20.7 Å². The number of carbonyl (C=O) groups is 2. The second-order valence-electron chi connectivity index (χ2n) is 5.91. The molecule has 2 N–H and O–H groups in total. The van der Waals surface area contributed by atoms with E-state index >= 15 is 0 Å². The summed E-state index contributed by atoms with van der Waals surface area (Å²) < 4.78 is 24.6. The maximum absolute atomic E-state index is 14.1. The van der Waals surface area contributed by atoms with Crippen molar-refractivity contribution in [1.82, 2.24) is 4.98 Å². The number of pyridine rings is 1. The summed E-state index contributed by atoms with van der Waals surface area (Å²) in [5.41, 5.74) is 0.972. The van der Waals surface area contributed by atoms with Gasteiger partial charge in [-0.3, -0.25) is 14.6 Å². The van der Waals surface area contributed by atoms with Gasteiger partial charge in [0.25, 0.3) is 11.8 Å². The molecule has 0 unspecified atom stereocenters. The highest BCUT2D eigenvalue weighted by Crippen LogP contribution is 2.32. The monoisotopic (exact) mass is 379 g/mol. The molecule has 0 aliphatic carbocycles. The molecule has 0 saturated carbocycles. The summed E-state index contributed by atoms with van der Waals surface area (Å²) in [4.78, 5) is 28.5. The molecule has 0 radical (unpaired) electrons. The van der Waals surface area contributed by atoms with Crippen molar-refractivity contribution in [2.45, 2.75) is 0 Å². The molecule has 0 fully saturated rings. The van der Waals surface area contributed by atoms with Crippen LogP contribution in [0.15, 0.2) is 60.9 Å². The van der Waals surface area contributed by atoms with Gasteiger partial charge in [-0.15, -0.1) is 0 Å². The van der Waals surface area contributed by atoms with E-state index in [0.717, 1.165) is 6.07 Å². The van der Waals surface area contributed by atoms with Gasteiger partial charge < -0.3 is 20.1 Å². The van der Waals surface area contributed by atoms with Crippen LogP contribution in [-0.4, -0.2) is 23.6 Å². The van der Waals surface area contributed by atoms with Crippen molar-refractivity contribution in [3.05, 3.63) is 77.9 Å². The topological polar surface area (TPSA) is 89.6 Å². The highest BCUT2D eigenvalue weighted by atomic mass is 19.1. The Labute approximate surface area is 159 Å². The zero-order valence-electron chi connectivity index (χ0n) is 14.4. The normalized spacial score (nSPS) is 11.8. The lowest BCUT2D eigenvalue weighted by Crippen LogP contribution is -2.15. The van der Waals surface area contributed by atoms with E-state index in [1.807, 2.05) is 0 Å². The number of benzene rings is 2. The molecule has 2 aromatic carbocycles. The fraction of sp³-hybridized carbons (Fsp3) is 0.0500. The molecule has 7 nitrogen and oxygen atoms in total. The van der Waals surface area contributed by atoms with Crippen molar-refractivity contribution >= 4 is 23.2 Å². The first-order chi connectivity index (χ1) is 13.6. The third-order valence-electron chi connectivity index (χ3n) is 4.05. The summed E-state index contributed by atoms with van der Waals surface area (Å²) in [6.07, 6.45) is 2.93. The van der Waals surface area contributed by atoms with Crippen molar-refractivity contribution in [1.29, 1.82) is 0 Å². The second-order valence-corrected chi connectivity index (χ2v) is 5.91. The van der Waals surface area contributed by atoms with Crippen molar-refractivity contribution in [2.24, 2.45) is 0 Å². The number of carbonyl (C=O) groups excluding carboxylic acids is 2. The van der Waals surface area contributed by atoms with E-state index in [9.17, 15) is 14.0 Å². The summed E-state index contributed by atoms with van der Waals surface area (Å²) in [7, 11) is 0. The van der Waals surface area contributed by atoms with Gasteiger partial charge in [-0.25, -0.2) is 4.39 Å². The first-order valence-corrected chi connectivity index (χ1v) is 8.32. The second kappa shape index (κ2) is 7.36. The lowest BCUT2D eigenvalue weighted by atomic mass is 10.1. The van der Waals surface area contributed by atoms with E-state index in [1.54, 1.807) is 18.2 Å². The SMILES string of the molecule is O=C(Nc1ccc(F)c(NC(=O)c2ccncc2)c1)c1ccc2c(c1)OCO2. The molecule has 140 valence electrons. The number of ether oxygens (including phenoxy) is 2. The number of nitrogens with zero attached hydrogens (tertiary/aromatic N) is 1. The Hall–Kier alpha value is -3.94. The average Bonchev–Trinajstić information content (AvgIpc) is 3.19. The zero-order chi connectivity index (χ0) is 19.5. The van der Waals surface area contributed by atoms with Crippen molar-refractivity contribution < 1.29 is 23.5 Å². The van der Waals surface area contributed by atoms with Crippen LogP contribution in [0.25, 0.3) is 0 Å². The Bertz CT molecular complexity index is 1060. The molecule has 3 aromatic rings. The van der Waals surface area contributed by atoms with Gasteiger partial charge in [-0.2, -0.15) is 0 Å². The number of hydrogen-bond donors (Lipinski definition) is 2. The van der Waals surface area contributed by atoms with Gasteiger partial charge in [0.15, 0.2) is 11.5 Å². The summed E-state index contributed by atoms with van der Waals surface area (Å²) in [6, 6.07) is 11.7. The molecule has 1 aliphatic rings. The Balaban J connectivity index is 1.50. The molecule has 8 heteroatoms. The third-order valence-corrected chi connectivity index (χ3v) is 4.05. The van der Waals surface area contributed by atoms with Gasteiger partial charge in [0, 0.05) is 29.2 Å². The molecule has 0 saturated heterocycles. The number of nitrogens with one attached hydrogen (secondary N) is 2. The maximum Gasteiger partial charge on any atom is 0.255 e. The summed E-state index contributed by atoms with van der Waals surface area (Å²) >= 11 is 0. The van der Waals surface area contributed by atoms with E-state index in [0.29, 0.717) is 28.3 Å². The van der Waals surface area contributed by atoms with Crippen LogP contribution in [0.5, 0.6) is 11.5 Å². The van der Waals surface area contributed by atoms with Crippen LogP contribution in [0.2, 0.25) is 0 Å². The van der Waals surface area contributed by atoms with Gasteiger partial charge >= 0.3 is 0 Å². The van der Waals surface area contributed by atoms with Gasteiger partial charge in [-0.05, 0) is 48.5 Å². The van der Waals surface area contributed by atoms with Crippen molar-refractivity contribution in [3.8, 4) is 11.5 Å². The van der Waals surface area contributed by atoms with E-state index < -0.39 is 17.6 Å². The first kappa shape index (κ1) is 17.5. The molecule has 0 bridgehead atoms. The van der Waals surface area contributed by atoms with Crippen molar-refractivity contribution in [3.63, 3.8) is 0 Å². The van der Waals surface area contributed by atoms with Crippen LogP contribution >= 0.6 is 0 Å². The first-order valence-electron chi connectivity index (χ1n) is 8.32. The van der Waals surface area contributed by atoms with E-state index in [2.05, 4.69) is 15.6 Å². The molecule has 0 atom stereocenters. The largest absolute Gasteiger partial charge is 0.454 e. The van der Waals surface area contributed by atoms with Gasteiger partial charge in [0.2, 0.25) is 6.79 Å². The predicted molar refractivity (Wildman–Crippen MR) is 99.1 cm³/mol. The summed E-state index contributed by atoms with van der Waals surface area (Å²) in [5, 5.41) is 5.15. The van der Waals surface area contributed by atoms with Crippen LogP contribution in [0.4, 0.5) is 15.8 Å². The molecular weight excluding hydrogens is 365 g/mol. The van der Waals surface area contributed by atoms with Crippen LogP contribution < -0.4 is 20.1 Å². The van der Waals surface area contributed by atoms with Crippen molar-refractivity contribution in [2.75, 3.05) is 17.4 Å². The number of aromatic nitrogens is 1. The Kier molecular flexibility index (Phi) is 4.59. The fourth-order valence-electron chi connectivity index (χ4n) is 2.64.